The molecule has 1 aliphatic rings. The number of nitrogen functional groups attached to an aromatic ring is 1. The number of nitrogens with one attached hydrogen (secondary N) is 3. The molecule has 1 aliphatic heterocycles. The molecular weight excluding hydrogens is 292 g/mol. The van der Waals surface area contributed by atoms with Gasteiger partial charge >= 0.3 is 0 Å². The Hall–Kier alpha value is -2.08. The Labute approximate surface area is 137 Å². The van der Waals surface area contributed by atoms with Crippen LogP contribution in [0.4, 0.5) is 0 Å². The van der Waals surface area contributed by atoms with Crippen LogP contribution in [0.2, 0.25) is 0 Å². The normalized spacial score (nSPS) is 20.5. The number of carbonyl (C=O) groups is 1. The third-order valence-electron chi connectivity index (χ3n) is 3.88. The number of nitrogens with two attached hydrogens (primary N) is 1. The van der Waals surface area contributed by atoms with Crippen molar-refractivity contribution in [2.24, 2.45) is 11.7 Å². The fourth-order valence-electron chi connectivity index (χ4n) is 2.53. The average molecular weight is 318 g/mol. The zero-order valence-electron chi connectivity index (χ0n) is 13.8. The molecule has 0 unspecified atom stereocenters. The van der Waals surface area contributed by atoms with Gasteiger partial charge < -0.3 is 21.1 Å². The van der Waals surface area contributed by atoms with E-state index in [9.17, 15) is 4.79 Å². The topological polar surface area (TPSA) is 100 Å². The highest BCUT2D eigenvalue weighted by molar-refractivity contribution is 5.95. The lowest BCUT2D eigenvalue weighted by Crippen LogP contribution is -2.40. The van der Waals surface area contributed by atoms with E-state index in [0.717, 1.165) is 6.42 Å². The molecule has 1 saturated heterocycles. The molecule has 0 aromatic heterocycles. The predicted octanol–water partition coefficient (Wildman–Crippen LogP) is 1.24. The van der Waals surface area contributed by atoms with E-state index < -0.39 is 0 Å². The number of amides is 1. The highest BCUT2D eigenvalue weighted by Crippen LogP contribution is 2.19. The first-order chi connectivity index (χ1) is 11.0. The van der Waals surface area contributed by atoms with Crippen molar-refractivity contribution in [3.63, 3.8) is 0 Å². The summed E-state index contributed by atoms with van der Waals surface area (Å²) in [4.78, 5) is 12.1. The summed E-state index contributed by atoms with van der Waals surface area (Å²) in [5.41, 5.74) is 6.12. The summed E-state index contributed by atoms with van der Waals surface area (Å²) in [5.74, 6) is 1.30. The smallest absolute Gasteiger partial charge is 0.237 e. The molecule has 2 rings (SSSR count). The fraction of sp³-hybridized carbons (Fsp3) is 0.529. The molecule has 0 bridgehead atoms. The van der Waals surface area contributed by atoms with E-state index >= 15 is 0 Å². The molecule has 0 radical (unpaired) electrons. The third kappa shape index (κ3) is 5.25. The maximum Gasteiger partial charge on any atom is 0.237 e. The van der Waals surface area contributed by atoms with Gasteiger partial charge in [-0.2, -0.15) is 0 Å². The van der Waals surface area contributed by atoms with E-state index in [1.165, 1.54) is 0 Å². The summed E-state index contributed by atoms with van der Waals surface area (Å²) in [6, 6.07) is 6.96. The summed E-state index contributed by atoms with van der Waals surface area (Å²) in [5, 5.41) is 13.6. The van der Waals surface area contributed by atoms with Gasteiger partial charge in [0.15, 0.2) is 0 Å². The Morgan fingerprint density at radius 2 is 2.30 bits per heavy atom. The molecule has 1 heterocycles. The summed E-state index contributed by atoms with van der Waals surface area (Å²) >= 11 is 0. The number of amidine groups is 1. The molecule has 2 atom stereocenters. The minimum atomic E-state index is -0.205. The van der Waals surface area contributed by atoms with E-state index in [-0.39, 0.29) is 23.9 Å². The van der Waals surface area contributed by atoms with Crippen LogP contribution in [0.15, 0.2) is 24.3 Å². The molecule has 23 heavy (non-hydrogen) atoms. The quantitative estimate of drug-likeness (QED) is 0.449. The number of hydrogen-bond acceptors (Lipinski definition) is 4. The maximum absolute atomic E-state index is 12.1. The average Bonchev–Trinajstić information content (AvgIpc) is 2.95. The van der Waals surface area contributed by atoms with Crippen LogP contribution in [0.5, 0.6) is 5.75 Å². The lowest BCUT2D eigenvalue weighted by molar-refractivity contribution is -0.122. The molecule has 1 aromatic rings. The van der Waals surface area contributed by atoms with E-state index in [4.69, 9.17) is 15.9 Å². The van der Waals surface area contributed by atoms with E-state index in [1.54, 1.807) is 12.1 Å². The molecule has 5 N–H and O–H groups in total. The molecule has 1 aromatic carbocycles. The van der Waals surface area contributed by atoms with Crippen LogP contribution in [0.1, 0.15) is 32.3 Å². The molecule has 1 fully saturated rings. The van der Waals surface area contributed by atoms with Crippen molar-refractivity contribution in [1.82, 2.24) is 10.6 Å². The minimum absolute atomic E-state index is 0.0161. The molecule has 0 spiro atoms. The monoisotopic (exact) mass is 318 g/mol. The number of ether oxygens (including phenoxy) is 1. The van der Waals surface area contributed by atoms with Gasteiger partial charge in [-0.3, -0.25) is 10.2 Å². The van der Waals surface area contributed by atoms with E-state index in [2.05, 4.69) is 24.5 Å². The van der Waals surface area contributed by atoms with Gasteiger partial charge in [0.05, 0.1) is 6.04 Å². The Balaban J connectivity index is 1.82. The number of benzene rings is 1. The van der Waals surface area contributed by atoms with Gasteiger partial charge in [0, 0.05) is 25.1 Å². The van der Waals surface area contributed by atoms with Crippen molar-refractivity contribution in [1.29, 1.82) is 5.41 Å². The lowest BCUT2D eigenvalue weighted by Gasteiger charge is -2.14. The minimum Gasteiger partial charge on any atom is -0.489 e. The second kappa shape index (κ2) is 7.97. The molecule has 1 amide bonds. The summed E-state index contributed by atoms with van der Waals surface area (Å²) in [6.07, 6.45) is 1.56. The van der Waals surface area contributed by atoms with Gasteiger partial charge in [-0.1, -0.05) is 26.0 Å². The summed E-state index contributed by atoms with van der Waals surface area (Å²) in [6.45, 7) is 5.62. The van der Waals surface area contributed by atoms with Crippen molar-refractivity contribution in [2.45, 2.75) is 38.8 Å². The number of rotatable bonds is 7. The van der Waals surface area contributed by atoms with Crippen LogP contribution in [-0.4, -0.2) is 37.0 Å². The standard InChI is InChI=1S/C17H26N4O2/c1-11(2)6-7-20-17(22)15-9-14(10-21-15)23-13-5-3-4-12(8-13)16(18)19/h3-5,8,11,14-15,21H,6-7,9-10H2,1-2H3,(H3,18,19)(H,20,22)/t14-,15+/m1/s1. The Morgan fingerprint density at radius 3 is 3.00 bits per heavy atom. The summed E-state index contributed by atoms with van der Waals surface area (Å²) < 4.78 is 5.89. The van der Waals surface area contributed by atoms with Crippen molar-refractivity contribution in [3.05, 3.63) is 29.8 Å². The van der Waals surface area contributed by atoms with Crippen LogP contribution >= 0.6 is 0 Å². The van der Waals surface area contributed by atoms with Crippen LogP contribution < -0.4 is 21.1 Å². The van der Waals surface area contributed by atoms with Crippen LogP contribution in [0.25, 0.3) is 0 Å². The zero-order chi connectivity index (χ0) is 16.8. The molecule has 126 valence electrons. The number of hydrogen-bond donors (Lipinski definition) is 4. The highest BCUT2D eigenvalue weighted by atomic mass is 16.5. The number of carbonyl (C=O) groups excluding carboxylic acids is 1. The SMILES string of the molecule is CC(C)CCNC(=O)[C@@H]1C[C@@H](Oc2cccc(C(=N)N)c2)CN1. The van der Waals surface area contributed by atoms with Crippen molar-refractivity contribution in [3.8, 4) is 5.75 Å². The Morgan fingerprint density at radius 1 is 1.52 bits per heavy atom. The van der Waals surface area contributed by atoms with Gasteiger partial charge in [0.1, 0.15) is 17.7 Å². The maximum atomic E-state index is 12.1. The van der Waals surface area contributed by atoms with Crippen molar-refractivity contribution >= 4 is 11.7 Å². The Kier molecular flexibility index (Phi) is 5.98. The van der Waals surface area contributed by atoms with Gasteiger partial charge in [0.25, 0.3) is 0 Å². The molecule has 6 nitrogen and oxygen atoms in total. The highest BCUT2D eigenvalue weighted by Gasteiger charge is 2.30. The molecular formula is C17H26N4O2. The zero-order valence-corrected chi connectivity index (χ0v) is 13.8. The molecule has 6 heteroatoms. The molecule has 0 saturated carbocycles. The first-order valence-electron chi connectivity index (χ1n) is 8.08. The fourth-order valence-corrected chi connectivity index (χ4v) is 2.53. The van der Waals surface area contributed by atoms with E-state index in [1.807, 2.05) is 12.1 Å². The second-order valence-electron chi connectivity index (χ2n) is 6.35. The first-order valence-corrected chi connectivity index (χ1v) is 8.08. The largest absolute Gasteiger partial charge is 0.489 e. The molecule has 0 aliphatic carbocycles. The second-order valence-corrected chi connectivity index (χ2v) is 6.35. The van der Waals surface area contributed by atoms with Crippen LogP contribution in [0, 0.1) is 11.3 Å². The van der Waals surface area contributed by atoms with Gasteiger partial charge in [0.2, 0.25) is 5.91 Å². The van der Waals surface area contributed by atoms with Crippen LogP contribution in [0.3, 0.4) is 0 Å². The van der Waals surface area contributed by atoms with Gasteiger partial charge in [-0.15, -0.1) is 0 Å². The summed E-state index contributed by atoms with van der Waals surface area (Å²) in [7, 11) is 0. The van der Waals surface area contributed by atoms with Crippen molar-refractivity contribution < 1.29 is 9.53 Å². The van der Waals surface area contributed by atoms with Crippen LogP contribution in [-0.2, 0) is 4.79 Å². The lowest BCUT2D eigenvalue weighted by atomic mass is 10.1. The predicted molar refractivity (Wildman–Crippen MR) is 90.7 cm³/mol. The van der Waals surface area contributed by atoms with Crippen molar-refractivity contribution in [2.75, 3.05) is 13.1 Å². The van der Waals surface area contributed by atoms with Gasteiger partial charge in [-0.05, 0) is 24.5 Å². The third-order valence-corrected chi connectivity index (χ3v) is 3.88. The van der Waals surface area contributed by atoms with E-state index in [0.29, 0.717) is 36.7 Å². The Bertz CT molecular complexity index is 559. The first kappa shape index (κ1) is 17.3. The van der Waals surface area contributed by atoms with Gasteiger partial charge in [-0.25, -0.2) is 0 Å².